The van der Waals surface area contributed by atoms with Crippen LogP contribution in [0.4, 0.5) is 0 Å². The standard InChI is InChI=1S/C8H11N3/c1-10-4-6-11-5-2-3-8(11)7-9/h2-3,5,10H,4,6H2,1H3. The number of nitrogens with zero attached hydrogens (tertiary/aromatic N) is 2. The van der Waals surface area contributed by atoms with E-state index < -0.39 is 0 Å². The second kappa shape index (κ2) is 3.79. The Balaban J connectivity index is 2.63. The van der Waals surface area contributed by atoms with Crippen molar-refractivity contribution < 1.29 is 0 Å². The van der Waals surface area contributed by atoms with Gasteiger partial charge < -0.3 is 9.88 Å². The lowest BCUT2D eigenvalue weighted by atomic mass is 10.4. The van der Waals surface area contributed by atoms with E-state index in [1.54, 1.807) is 0 Å². The normalized spacial score (nSPS) is 9.45. The van der Waals surface area contributed by atoms with Crippen molar-refractivity contribution in [3.63, 3.8) is 0 Å². The highest BCUT2D eigenvalue weighted by molar-refractivity contribution is 5.21. The van der Waals surface area contributed by atoms with Gasteiger partial charge in [-0.05, 0) is 19.2 Å². The minimum atomic E-state index is 0.722. The molecular weight excluding hydrogens is 138 g/mol. The van der Waals surface area contributed by atoms with Crippen LogP contribution in [0.5, 0.6) is 0 Å². The van der Waals surface area contributed by atoms with E-state index in [1.165, 1.54) is 0 Å². The van der Waals surface area contributed by atoms with Crippen molar-refractivity contribution in [3.05, 3.63) is 24.0 Å². The Bertz CT molecular complexity index is 257. The number of aromatic nitrogens is 1. The molecule has 3 nitrogen and oxygen atoms in total. The van der Waals surface area contributed by atoms with E-state index >= 15 is 0 Å². The van der Waals surface area contributed by atoms with Crippen molar-refractivity contribution in [1.29, 1.82) is 5.26 Å². The highest BCUT2D eigenvalue weighted by Crippen LogP contribution is 1.98. The van der Waals surface area contributed by atoms with Crippen LogP contribution < -0.4 is 5.32 Å². The lowest BCUT2D eigenvalue weighted by Crippen LogP contribution is -2.15. The fourth-order valence-electron chi connectivity index (χ4n) is 0.943. The Labute approximate surface area is 66.3 Å². The molecule has 1 heterocycles. The molecule has 0 fully saturated rings. The molecule has 0 saturated carbocycles. The minimum Gasteiger partial charge on any atom is -0.338 e. The summed E-state index contributed by atoms with van der Waals surface area (Å²) >= 11 is 0. The molecule has 0 spiro atoms. The Morgan fingerprint density at radius 2 is 2.55 bits per heavy atom. The molecule has 0 aliphatic rings. The first kappa shape index (κ1) is 7.83. The molecular formula is C8H11N3. The fourth-order valence-corrected chi connectivity index (χ4v) is 0.943. The average Bonchev–Trinajstić information content (AvgIpc) is 2.47. The molecule has 11 heavy (non-hydrogen) atoms. The van der Waals surface area contributed by atoms with Gasteiger partial charge in [0.1, 0.15) is 11.8 Å². The molecule has 0 radical (unpaired) electrons. The summed E-state index contributed by atoms with van der Waals surface area (Å²) in [5.41, 5.74) is 0.722. The zero-order chi connectivity index (χ0) is 8.10. The third kappa shape index (κ3) is 1.82. The summed E-state index contributed by atoms with van der Waals surface area (Å²) in [7, 11) is 1.90. The van der Waals surface area contributed by atoms with Gasteiger partial charge in [0.25, 0.3) is 0 Å². The number of likely N-dealkylation sites (N-methyl/N-ethyl adjacent to an activating group) is 1. The smallest absolute Gasteiger partial charge is 0.120 e. The zero-order valence-corrected chi connectivity index (χ0v) is 6.54. The lowest BCUT2D eigenvalue weighted by Gasteiger charge is -2.02. The Kier molecular flexibility index (Phi) is 2.70. The van der Waals surface area contributed by atoms with Gasteiger partial charge in [-0.3, -0.25) is 0 Å². The summed E-state index contributed by atoms with van der Waals surface area (Å²) in [6.45, 7) is 1.75. The van der Waals surface area contributed by atoms with E-state index in [9.17, 15) is 0 Å². The van der Waals surface area contributed by atoms with Gasteiger partial charge in [0.05, 0.1) is 0 Å². The number of hydrogen-bond donors (Lipinski definition) is 1. The second-order valence-corrected chi connectivity index (χ2v) is 2.30. The molecule has 0 unspecified atom stereocenters. The number of hydrogen-bond acceptors (Lipinski definition) is 2. The maximum atomic E-state index is 8.62. The number of rotatable bonds is 3. The zero-order valence-electron chi connectivity index (χ0n) is 6.54. The molecule has 1 aromatic rings. The highest BCUT2D eigenvalue weighted by Gasteiger charge is 1.96. The van der Waals surface area contributed by atoms with Crippen LogP contribution >= 0.6 is 0 Å². The maximum absolute atomic E-state index is 8.62. The average molecular weight is 149 g/mol. The van der Waals surface area contributed by atoms with Crippen LogP contribution in [-0.4, -0.2) is 18.2 Å². The Morgan fingerprint density at radius 3 is 3.18 bits per heavy atom. The van der Waals surface area contributed by atoms with Crippen LogP contribution in [0, 0.1) is 11.3 Å². The molecule has 0 atom stereocenters. The molecule has 1 rings (SSSR count). The fraction of sp³-hybridized carbons (Fsp3) is 0.375. The van der Waals surface area contributed by atoms with Crippen LogP contribution in [0.15, 0.2) is 18.3 Å². The SMILES string of the molecule is CNCCn1cccc1C#N. The quantitative estimate of drug-likeness (QED) is 0.683. The summed E-state index contributed by atoms with van der Waals surface area (Å²) in [5, 5.41) is 11.6. The number of nitrogens with one attached hydrogen (secondary N) is 1. The summed E-state index contributed by atoms with van der Waals surface area (Å²) in [6.07, 6.45) is 1.91. The van der Waals surface area contributed by atoms with E-state index in [4.69, 9.17) is 5.26 Å². The van der Waals surface area contributed by atoms with Gasteiger partial charge in [-0.2, -0.15) is 5.26 Å². The van der Waals surface area contributed by atoms with Crippen LogP contribution in [0.3, 0.4) is 0 Å². The van der Waals surface area contributed by atoms with Gasteiger partial charge in [0.15, 0.2) is 0 Å². The molecule has 1 N–H and O–H groups in total. The minimum absolute atomic E-state index is 0.722. The largest absolute Gasteiger partial charge is 0.338 e. The summed E-state index contributed by atoms with van der Waals surface area (Å²) < 4.78 is 1.93. The molecule has 0 aromatic carbocycles. The molecule has 1 aromatic heterocycles. The van der Waals surface area contributed by atoms with Crippen molar-refractivity contribution in [2.75, 3.05) is 13.6 Å². The van der Waals surface area contributed by atoms with Gasteiger partial charge in [0, 0.05) is 19.3 Å². The molecule has 0 bridgehead atoms. The Morgan fingerprint density at radius 1 is 1.73 bits per heavy atom. The summed E-state index contributed by atoms with van der Waals surface area (Å²) in [6, 6.07) is 5.82. The van der Waals surface area contributed by atoms with E-state index in [0.717, 1.165) is 18.8 Å². The van der Waals surface area contributed by atoms with Crippen LogP contribution in [0.1, 0.15) is 5.69 Å². The third-order valence-corrected chi connectivity index (χ3v) is 1.55. The molecule has 58 valence electrons. The predicted molar refractivity (Wildman–Crippen MR) is 43.1 cm³/mol. The van der Waals surface area contributed by atoms with Crippen LogP contribution in [0.25, 0.3) is 0 Å². The topological polar surface area (TPSA) is 40.8 Å². The van der Waals surface area contributed by atoms with Gasteiger partial charge in [-0.15, -0.1) is 0 Å². The summed E-state index contributed by atoms with van der Waals surface area (Å²) in [4.78, 5) is 0. The van der Waals surface area contributed by atoms with Crippen molar-refractivity contribution in [2.45, 2.75) is 6.54 Å². The third-order valence-electron chi connectivity index (χ3n) is 1.55. The van der Waals surface area contributed by atoms with Crippen molar-refractivity contribution in [3.8, 4) is 6.07 Å². The first-order valence-electron chi connectivity index (χ1n) is 3.58. The second-order valence-electron chi connectivity index (χ2n) is 2.30. The van der Waals surface area contributed by atoms with Gasteiger partial charge >= 0.3 is 0 Å². The maximum Gasteiger partial charge on any atom is 0.120 e. The first-order valence-corrected chi connectivity index (χ1v) is 3.58. The van der Waals surface area contributed by atoms with Crippen molar-refractivity contribution >= 4 is 0 Å². The highest BCUT2D eigenvalue weighted by atomic mass is 15.0. The molecule has 0 saturated heterocycles. The molecule has 0 aliphatic heterocycles. The number of nitriles is 1. The Hall–Kier alpha value is -1.27. The summed E-state index contributed by atoms with van der Waals surface area (Å²) in [5.74, 6) is 0. The van der Waals surface area contributed by atoms with Crippen molar-refractivity contribution in [2.24, 2.45) is 0 Å². The van der Waals surface area contributed by atoms with Crippen LogP contribution in [-0.2, 0) is 6.54 Å². The molecule has 0 amide bonds. The van der Waals surface area contributed by atoms with E-state index in [2.05, 4.69) is 11.4 Å². The molecule has 0 aliphatic carbocycles. The van der Waals surface area contributed by atoms with Crippen LogP contribution in [0.2, 0.25) is 0 Å². The molecule has 3 heteroatoms. The lowest BCUT2D eigenvalue weighted by molar-refractivity contribution is 0.642. The van der Waals surface area contributed by atoms with Crippen molar-refractivity contribution in [1.82, 2.24) is 9.88 Å². The van der Waals surface area contributed by atoms with Gasteiger partial charge in [0.2, 0.25) is 0 Å². The monoisotopic (exact) mass is 149 g/mol. The first-order chi connectivity index (χ1) is 5.38. The van der Waals surface area contributed by atoms with Gasteiger partial charge in [-0.1, -0.05) is 0 Å². The van der Waals surface area contributed by atoms with E-state index in [0.29, 0.717) is 0 Å². The van der Waals surface area contributed by atoms with E-state index in [1.807, 2.05) is 29.9 Å². The van der Waals surface area contributed by atoms with E-state index in [-0.39, 0.29) is 0 Å². The predicted octanol–water partition coefficient (Wildman–Crippen LogP) is 0.579. The van der Waals surface area contributed by atoms with Gasteiger partial charge in [-0.25, -0.2) is 0 Å².